The SMILES string of the molecule is Cc1nn(CC(C)C)c(C)c1CCC(=O)Nc1cccc(N2CCCC2)c1. The van der Waals surface area contributed by atoms with Crippen LogP contribution in [0.5, 0.6) is 0 Å². The zero-order chi connectivity index (χ0) is 19.4. The summed E-state index contributed by atoms with van der Waals surface area (Å²) in [4.78, 5) is 14.9. The third kappa shape index (κ3) is 4.90. The molecule has 5 nitrogen and oxygen atoms in total. The Morgan fingerprint density at radius 3 is 2.67 bits per heavy atom. The van der Waals surface area contributed by atoms with Gasteiger partial charge in [0.2, 0.25) is 5.91 Å². The van der Waals surface area contributed by atoms with Gasteiger partial charge in [0, 0.05) is 43.1 Å². The Kier molecular flexibility index (Phi) is 6.19. The first-order valence-corrected chi connectivity index (χ1v) is 10.1. The van der Waals surface area contributed by atoms with E-state index in [0.29, 0.717) is 12.3 Å². The fourth-order valence-corrected chi connectivity index (χ4v) is 3.84. The molecule has 0 bridgehead atoms. The average Bonchev–Trinajstić information content (AvgIpc) is 3.23. The number of amides is 1. The van der Waals surface area contributed by atoms with Gasteiger partial charge in [-0.3, -0.25) is 9.48 Å². The van der Waals surface area contributed by atoms with Crippen molar-refractivity contribution in [2.75, 3.05) is 23.3 Å². The topological polar surface area (TPSA) is 50.2 Å². The predicted octanol–water partition coefficient (Wildman–Crippen LogP) is 4.33. The molecule has 1 saturated heterocycles. The van der Waals surface area contributed by atoms with Crippen molar-refractivity contribution in [1.29, 1.82) is 0 Å². The highest BCUT2D eigenvalue weighted by Crippen LogP contribution is 2.23. The second kappa shape index (κ2) is 8.59. The van der Waals surface area contributed by atoms with E-state index in [2.05, 4.69) is 52.9 Å². The molecule has 5 heteroatoms. The number of nitrogens with zero attached hydrogens (tertiary/aromatic N) is 3. The zero-order valence-corrected chi connectivity index (χ0v) is 17.1. The second-order valence-electron chi connectivity index (χ2n) is 8.02. The van der Waals surface area contributed by atoms with Crippen molar-refractivity contribution in [3.63, 3.8) is 0 Å². The van der Waals surface area contributed by atoms with Gasteiger partial charge in [0.15, 0.2) is 0 Å². The number of hydrogen-bond donors (Lipinski definition) is 1. The largest absolute Gasteiger partial charge is 0.371 e. The summed E-state index contributed by atoms with van der Waals surface area (Å²) in [6.07, 6.45) is 3.70. The first-order chi connectivity index (χ1) is 12.9. The van der Waals surface area contributed by atoms with Gasteiger partial charge in [-0.15, -0.1) is 0 Å². The maximum atomic E-state index is 12.5. The molecule has 1 amide bonds. The minimum Gasteiger partial charge on any atom is -0.371 e. The van der Waals surface area contributed by atoms with E-state index in [1.54, 1.807) is 0 Å². The van der Waals surface area contributed by atoms with E-state index in [0.717, 1.165) is 37.4 Å². The summed E-state index contributed by atoms with van der Waals surface area (Å²) in [6.45, 7) is 11.7. The lowest BCUT2D eigenvalue weighted by Gasteiger charge is -2.18. The summed E-state index contributed by atoms with van der Waals surface area (Å²) >= 11 is 0. The Balaban J connectivity index is 1.59. The quantitative estimate of drug-likeness (QED) is 0.791. The normalized spacial score (nSPS) is 14.2. The lowest BCUT2D eigenvalue weighted by molar-refractivity contribution is -0.116. The first kappa shape index (κ1) is 19.5. The fourth-order valence-electron chi connectivity index (χ4n) is 3.84. The number of hydrogen-bond acceptors (Lipinski definition) is 3. The van der Waals surface area contributed by atoms with Gasteiger partial charge in [0.1, 0.15) is 0 Å². The molecule has 27 heavy (non-hydrogen) atoms. The molecule has 146 valence electrons. The molecule has 1 aliphatic rings. The third-order valence-electron chi connectivity index (χ3n) is 5.27. The molecular formula is C22H32N4O. The summed E-state index contributed by atoms with van der Waals surface area (Å²) in [7, 11) is 0. The Labute approximate surface area is 162 Å². The molecule has 1 N–H and O–H groups in total. The van der Waals surface area contributed by atoms with Gasteiger partial charge >= 0.3 is 0 Å². The molecule has 0 saturated carbocycles. The third-order valence-corrected chi connectivity index (χ3v) is 5.27. The van der Waals surface area contributed by atoms with Crippen molar-refractivity contribution >= 4 is 17.3 Å². The van der Waals surface area contributed by atoms with Crippen LogP contribution in [0.1, 0.15) is 50.1 Å². The molecule has 0 unspecified atom stereocenters. The predicted molar refractivity (Wildman–Crippen MR) is 111 cm³/mol. The molecule has 2 aromatic rings. The van der Waals surface area contributed by atoms with Crippen LogP contribution in [0.3, 0.4) is 0 Å². The number of benzene rings is 1. The number of aromatic nitrogens is 2. The maximum Gasteiger partial charge on any atom is 0.224 e. The highest BCUT2D eigenvalue weighted by atomic mass is 16.1. The van der Waals surface area contributed by atoms with Gasteiger partial charge in [0.25, 0.3) is 0 Å². The number of rotatable bonds is 7. The molecule has 0 spiro atoms. The molecule has 0 aliphatic carbocycles. The Morgan fingerprint density at radius 1 is 1.22 bits per heavy atom. The van der Waals surface area contributed by atoms with E-state index < -0.39 is 0 Å². The van der Waals surface area contributed by atoms with Crippen LogP contribution in [0.25, 0.3) is 0 Å². The van der Waals surface area contributed by atoms with E-state index in [1.165, 1.54) is 29.8 Å². The first-order valence-electron chi connectivity index (χ1n) is 10.1. The minimum atomic E-state index is 0.0592. The summed E-state index contributed by atoms with van der Waals surface area (Å²) in [5.41, 5.74) is 5.51. The Hall–Kier alpha value is -2.30. The molecule has 1 aromatic heterocycles. The van der Waals surface area contributed by atoms with E-state index >= 15 is 0 Å². The van der Waals surface area contributed by atoms with Crippen molar-refractivity contribution in [1.82, 2.24) is 9.78 Å². The Bertz CT molecular complexity index is 788. The summed E-state index contributed by atoms with van der Waals surface area (Å²) in [6, 6.07) is 8.19. The van der Waals surface area contributed by atoms with Crippen molar-refractivity contribution in [3.8, 4) is 0 Å². The number of nitrogens with one attached hydrogen (secondary N) is 1. The van der Waals surface area contributed by atoms with Crippen LogP contribution >= 0.6 is 0 Å². The van der Waals surface area contributed by atoms with Gasteiger partial charge in [-0.25, -0.2) is 0 Å². The number of carbonyl (C=O) groups excluding carboxylic acids is 1. The van der Waals surface area contributed by atoms with Crippen molar-refractivity contribution < 1.29 is 4.79 Å². The Morgan fingerprint density at radius 2 is 1.96 bits per heavy atom. The fraction of sp³-hybridized carbons (Fsp3) is 0.545. The molecule has 2 heterocycles. The van der Waals surface area contributed by atoms with Crippen LogP contribution in [-0.2, 0) is 17.8 Å². The summed E-state index contributed by atoms with van der Waals surface area (Å²) < 4.78 is 2.08. The van der Waals surface area contributed by atoms with E-state index in [9.17, 15) is 4.79 Å². The lowest BCUT2D eigenvalue weighted by atomic mass is 10.1. The highest BCUT2D eigenvalue weighted by Gasteiger charge is 2.15. The number of aryl methyl sites for hydroxylation is 1. The van der Waals surface area contributed by atoms with Crippen molar-refractivity contribution in [3.05, 3.63) is 41.2 Å². The molecule has 1 fully saturated rings. The standard InChI is InChI=1S/C22H32N4O/c1-16(2)15-26-18(4)21(17(3)24-26)10-11-22(27)23-19-8-7-9-20(14-19)25-12-5-6-13-25/h7-9,14,16H,5-6,10-13,15H2,1-4H3,(H,23,27). The van der Waals surface area contributed by atoms with Crippen LogP contribution in [0.4, 0.5) is 11.4 Å². The van der Waals surface area contributed by atoms with E-state index in [1.807, 2.05) is 19.1 Å². The molecule has 1 aromatic carbocycles. The molecule has 0 atom stereocenters. The molecule has 1 aliphatic heterocycles. The van der Waals surface area contributed by atoms with Crippen LogP contribution in [0.15, 0.2) is 24.3 Å². The lowest BCUT2D eigenvalue weighted by Crippen LogP contribution is -2.18. The molecular weight excluding hydrogens is 336 g/mol. The zero-order valence-electron chi connectivity index (χ0n) is 17.1. The van der Waals surface area contributed by atoms with E-state index in [4.69, 9.17) is 0 Å². The smallest absolute Gasteiger partial charge is 0.224 e. The van der Waals surface area contributed by atoms with Gasteiger partial charge in [-0.05, 0) is 62.8 Å². The van der Waals surface area contributed by atoms with Gasteiger partial charge in [-0.2, -0.15) is 5.10 Å². The van der Waals surface area contributed by atoms with E-state index in [-0.39, 0.29) is 5.91 Å². The second-order valence-corrected chi connectivity index (χ2v) is 8.02. The van der Waals surface area contributed by atoms with Crippen LogP contribution < -0.4 is 10.2 Å². The summed E-state index contributed by atoms with van der Waals surface area (Å²) in [5.74, 6) is 0.617. The van der Waals surface area contributed by atoms with Gasteiger partial charge in [-0.1, -0.05) is 19.9 Å². The molecule has 0 radical (unpaired) electrons. The molecule has 3 rings (SSSR count). The van der Waals surface area contributed by atoms with Crippen LogP contribution in [0.2, 0.25) is 0 Å². The summed E-state index contributed by atoms with van der Waals surface area (Å²) in [5, 5.41) is 7.71. The number of carbonyl (C=O) groups is 1. The number of anilines is 2. The monoisotopic (exact) mass is 368 g/mol. The van der Waals surface area contributed by atoms with Crippen LogP contribution in [-0.4, -0.2) is 28.8 Å². The van der Waals surface area contributed by atoms with Crippen LogP contribution in [0, 0.1) is 19.8 Å². The average molecular weight is 369 g/mol. The maximum absolute atomic E-state index is 12.5. The van der Waals surface area contributed by atoms with Crippen molar-refractivity contribution in [2.24, 2.45) is 5.92 Å². The highest BCUT2D eigenvalue weighted by molar-refractivity contribution is 5.91. The minimum absolute atomic E-state index is 0.0592. The van der Waals surface area contributed by atoms with Gasteiger partial charge < -0.3 is 10.2 Å². The van der Waals surface area contributed by atoms with Gasteiger partial charge in [0.05, 0.1) is 5.69 Å². The van der Waals surface area contributed by atoms with Crippen molar-refractivity contribution in [2.45, 2.75) is 59.9 Å².